The summed E-state index contributed by atoms with van der Waals surface area (Å²) in [5, 5.41) is 3.56. The molecule has 1 amide bonds. The number of hydrogen-bond donors (Lipinski definition) is 2. The number of hydrogen-bond acceptors (Lipinski definition) is 2. The Morgan fingerprint density at radius 1 is 1.19 bits per heavy atom. The molecule has 27 heavy (non-hydrogen) atoms. The Hall–Kier alpha value is -2.60. The van der Waals surface area contributed by atoms with Gasteiger partial charge in [-0.1, -0.05) is 17.7 Å². The van der Waals surface area contributed by atoms with Gasteiger partial charge < -0.3 is 15.0 Å². The largest absolute Gasteiger partial charge is 0.484 e. The van der Waals surface area contributed by atoms with Gasteiger partial charge in [0.15, 0.2) is 6.61 Å². The highest BCUT2D eigenvalue weighted by atomic mass is 35.5. The first-order chi connectivity index (χ1) is 12.9. The number of amides is 1. The SMILES string of the molecule is Cc1[nH]c2c(F)ccc(C)c2c1CCNC(=O)COc1ccc(F)c(Cl)c1. The zero-order valence-electron chi connectivity index (χ0n) is 15.0. The smallest absolute Gasteiger partial charge is 0.257 e. The highest BCUT2D eigenvalue weighted by Gasteiger charge is 2.14. The van der Waals surface area contributed by atoms with Crippen LogP contribution in [0, 0.1) is 25.5 Å². The lowest BCUT2D eigenvalue weighted by atomic mass is 10.0. The van der Waals surface area contributed by atoms with Crippen molar-refractivity contribution in [2.75, 3.05) is 13.2 Å². The van der Waals surface area contributed by atoms with Crippen molar-refractivity contribution in [2.45, 2.75) is 20.3 Å². The molecule has 142 valence electrons. The van der Waals surface area contributed by atoms with Crippen molar-refractivity contribution in [2.24, 2.45) is 0 Å². The molecule has 1 aromatic heterocycles. The first-order valence-electron chi connectivity index (χ1n) is 8.47. The molecule has 0 saturated heterocycles. The minimum absolute atomic E-state index is 0.0645. The Kier molecular flexibility index (Phi) is 5.65. The minimum Gasteiger partial charge on any atom is -0.484 e. The molecule has 3 rings (SSSR count). The number of H-pyrrole nitrogens is 1. The van der Waals surface area contributed by atoms with Gasteiger partial charge in [0, 0.05) is 23.7 Å². The molecular weight excluding hydrogens is 374 g/mol. The third-order valence-corrected chi connectivity index (χ3v) is 4.68. The van der Waals surface area contributed by atoms with E-state index in [9.17, 15) is 13.6 Å². The topological polar surface area (TPSA) is 54.1 Å². The maximum atomic E-state index is 14.0. The summed E-state index contributed by atoms with van der Waals surface area (Å²) >= 11 is 5.67. The van der Waals surface area contributed by atoms with E-state index in [0.29, 0.717) is 24.2 Å². The van der Waals surface area contributed by atoms with Crippen molar-refractivity contribution in [3.63, 3.8) is 0 Å². The molecule has 0 aliphatic heterocycles. The molecule has 0 unspecified atom stereocenters. The molecule has 0 spiro atoms. The third kappa shape index (κ3) is 4.22. The second-order valence-electron chi connectivity index (χ2n) is 6.31. The molecule has 0 radical (unpaired) electrons. The number of carbonyl (C=O) groups excluding carboxylic acids is 1. The molecule has 7 heteroatoms. The molecule has 0 atom stereocenters. The number of fused-ring (bicyclic) bond motifs is 1. The zero-order valence-corrected chi connectivity index (χ0v) is 15.7. The van der Waals surface area contributed by atoms with Crippen LogP contribution in [0.25, 0.3) is 10.9 Å². The van der Waals surface area contributed by atoms with Crippen LogP contribution in [-0.4, -0.2) is 24.0 Å². The van der Waals surface area contributed by atoms with Gasteiger partial charge in [0.05, 0.1) is 10.5 Å². The molecule has 2 N–H and O–H groups in total. The fourth-order valence-corrected chi connectivity index (χ4v) is 3.22. The number of aromatic amines is 1. The van der Waals surface area contributed by atoms with Gasteiger partial charge in [0.1, 0.15) is 17.4 Å². The van der Waals surface area contributed by atoms with Gasteiger partial charge in [-0.25, -0.2) is 8.78 Å². The monoisotopic (exact) mass is 392 g/mol. The molecule has 4 nitrogen and oxygen atoms in total. The Morgan fingerprint density at radius 2 is 1.93 bits per heavy atom. The van der Waals surface area contributed by atoms with Crippen molar-refractivity contribution in [1.29, 1.82) is 0 Å². The summed E-state index contributed by atoms with van der Waals surface area (Å²) in [6.07, 6.45) is 0.560. The molecule has 3 aromatic rings. The number of rotatable bonds is 6. The Balaban J connectivity index is 1.57. The van der Waals surface area contributed by atoms with Crippen LogP contribution in [-0.2, 0) is 11.2 Å². The average molecular weight is 393 g/mol. The molecule has 0 fully saturated rings. The number of benzene rings is 2. The Morgan fingerprint density at radius 3 is 2.67 bits per heavy atom. The fraction of sp³-hybridized carbons (Fsp3) is 0.250. The molecule has 0 aliphatic carbocycles. The number of aromatic nitrogens is 1. The fourth-order valence-electron chi connectivity index (χ4n) is 3.05. The van der Waals surface area contributed by atoms with Crippen LogP contribution in [0.3, 0.4) is 0 Å². The second kappa shape index (κ2) is 7.96. The van der Waals surface area contributed by atoms with E-state index in [1.165, 1.54) is 24.3 Å². The summed E-state index contributed by atoms with van der Waals surface area (Å²) in [7, 11) is 0. The lowest BCUT2D eigenvalue weighted by molar-refractivity contribution is -0.123. The van der Waals surface area contributed by atoms with E-state index in [-0.39, 0.29) is 23.4 Å². The highest BCUT2D eigenvalue weighted by Crippen LogP contribution is 2.27. The molecular formula is C20H19ClF2N2O2. The first kappa shape index (κ1) is 19.2. The molecule has 0 saturated carbocycles. The van der Waals surface area contributed by atoms with E-state index in [4.69, 9.17) is 16.3 Å². The number of nitrogens with one attached hydrogen (secondary N) is 2. The molecule has 0 aliphatic rings. The molecule has 2 aromatic carbocycles. The summed E-state index contributed by atoms with van der Waals surface area (Å²) < 4.78 is 32.4. The summed E-state index contributed by atoms with van der Waals surface area (Å²) in [6.45, 7) is 3.99. The van der Waals surface area contributed by atoms with E-state index in [2.05, 4.69) is 10.3 Å². The van der Waals surface area contributed by atoms with Gasteiger partial charge in [0.2, 0.25) is 0 Å². The van der Waals surface area contributed by atoms with Crippen molar-refractivity contribution < 1.29 is 18.3 Å². The third-order valence-electron chi connectivity index (χ3n) is 4.39. The molecule has 1 heterocycles. The normalized spacial score (nSPS) is 11.0. The van der Waals surface area contributed by atoms with E-state index in [0.717, 1.165) is 22.2 Å². The average Bonchev–Trinajstić information content (AvgIpc) is 2.97. The van der Waals surface area contributed by atoms with E-state index >= 15 is 0 Å². The van der Waals surface area contributed by atoms with Crippen LogP contribution in [0.15, 0.2) is 30.3 Å². The van der Waals surface area contributed by atoms with Crippen molar-refractivity contribution in [1.82, 2.24) is 10.3 Å². The van der Waals surface area contributed by atoms with Crippen molar-refractivity contribution in [3.05, 3.63) is 63.8 Å². The van der Waals surface area contributed by atoms with Crippen molar-refractivity contribution >= 4 is 28.4 Å². The number of ether oxygens (including phenoxy) is 1. The maximum absolute atomic E-state index is 14.0. The van der Waals surface area contributed by atoms with Crippen LogP contribution in [0.2, 0.25) is 5.02 Å². The Labute approximate surface area is 160 Å². The van der Waals surface area contributed by atoms with Gasteiger partial charge >= 0.3 is 0 Å². The van der Waals surface area contributed by atoms with Gasteiger partial charge in [-0.05, 0) is 49.6 Å². The summed E-state index contributed by atoms with van der Waals surface area (Å²) in [4.78, 5) is 15.0. The lowest BCUT2D eigenvalue weighted by Gasteiger charge is -2.09. The Bertz CT molecular complexity index is 1000. The lowest BCUT2D eigenvalue weighted by Crippen LogP contribution is -2.30. The summed E-state index contributed by atoms with van der Waals surface area (Å²) in [5.74, 6) is -0.833. The summed E-state index contributed by atoms with van der Waals surface area (Å²) in [6, 6.07) is 7.08. The van der Waals surface area contributed by atoms with Gasteiger partial charge in [0.25, 0.3) is 5.91 Å². The van der Waals surface area contributed by atoms with Crippen LogP contribution < -0.4 is 10.1 Å². The second-order valence-corrected chi connectivity index (χ2v) is 6.71. The van der Waals surface area contributed by atoms with Gasteiger partial charge in [-0.3, -0.25) is 4.79 Å². The first-order valence-corrected chi connectivity index (χ1v) is 8.85. The zero-order chi connectivity index (χ0) is 19.6. The van der Waals surface area contributed by atoms with E-state index < -0.39 is 5.82 Å². The highest BCUT2D eigenvalue weighted by molar-refractivity contribution is 6.30. The molecule has 0 bridgehead atoms. The minimum atomic E-state index is -0.547. The standard InChI is InChI=1S/C20H19ClF2N2O2/c1-11-3-5-17(23)20-19(11)14(12(2)25-20)7-8-24-18(26)10-27-13-4-6-16(22)15(21)9-13/h3-6,9,25H,7-8,10H2,1-2H3,(H,24,26). The van der Waals surface area contributed by atoms with E-state index in [1.807, 2.05) is 13.8 Å². The number of carbonyl (C=O) groups is 1. The van der Waals surface area contributed by atoms with Crippen molar-refractivity contribution in [3.8, 4) is 5.75 Å². The predicted molar refractivity (Wildman–Crippen MR) is 101 cm³/mol. The maximum Gasteiger partial charge on any atom is 0.257 e. The van der Waals surface area contributed by atoms with Crippen LogP contribution in [0.5, 0.6) is 5.75 Å². The van der Waals surface area contributed by atoms with Crippen LogP contribution in [0.4, 0.5) is 8.78 Å². The number of halogens is 3. The van der Waals surface area contributed by atoms with E-state index in [1.54, 1.807) is 6.07 Å². The predicted octanol–water partition coefficient (Wildman–Crippen LogP) is 4.45. The number of aryl methyl sites for hydroxylation is 2. The quantitative estimate of drug-likeness (QED) is 0.651. The van der Waals surface area contributed by atoms with Crippen LogP contribution >= 0.6 is 11.6 Å². The summed E-state index contributed by atoms with van der Waals surface area (Å²) in [5.41, 5.74) is 3.33. The van der Waals surface area contributed by atoms with Gasteiger partial charge in [-0.15, -0.1) is 0 Å². The van der Waals surface area contributed by atoms with Gasteiger partial charge in [-0.2, -0.15) is 0 Å². The van der Waals surface area contributed by atoms with Crippen LogP contribution in [0.1, 0.15) is 16.8 Å².